The third-order valence-electron chi connectivity index (χ3n) is 1.70. The summed E-state index contributed by atoms with van der Waals surface area (Å²) in [6.45, 7) is 0. The van der Waals surface area contributed by atoms with Gasteiger partial charge in [-0.2, -0.15) is 16.8 Å². The van der Waals surface area contributed by atoms with E-state index in [4.69, 9.17) is 9.11 Å². The van der Waals surface area contributed by atoms with Gasteiger partial charge < -0.3 is 0 Å². The van der Waals surface area contributed by atoms with E-state index in [9.17, 15) is 26.9 Å². The van der Waals surface area contributed by atoms with E-state index in [0.717, 1.165) is 0 Å². The summed E-state index contributed by atoms with van der Waals surface area (Å²) >= 11 is 0. The molecule has 2 N–H and O–H groups in total. The molecule has 0 aromatic heterocycles. The van der Waals surface area contributed by atoms with Gasteiger partial charge in [0, 0.05) is 6.07 Å². The number of nitro groups is 1. The Labute approximate surface area is 95.3 Å². The first kappa shape index (κ1) is 13.5. The maximum absolute atomic E-state index is 10.8. The van der Waals surface area contributed by atoms with Crippen LogP contribution in [0.25, 0.3) is 0 Å². The van der Waals surface area contributed by atoms with Gasteiger partial charge in [0.2, 0.25) is 0 Å². The second-order valence-electron chi connectivity index (χ2n) is 2.84. The molecule has 0 aliphatic heterocycles. The third-order valence-corrected chi connectivity index (χ3v) is 3.44. The van der Waals surface area contributed by atoms with Crippen molar-refractivity contribution >= 4 is 25.9 Å². The second-order valence-corrected chi connectivity index (χ2v) is 5.65. The maximum atomic E-state index is 10.8. The van der Waals surface area contributed by atoms with Crippen LogP contribution in [-0.2, 0) is 20.2 Å². The zero-order chi connectivity index (χ0) is 13.4. The monoisotopic (exact) mass is 283 g/mol. The Morgan fingerprint density at radius 3 is 1.94 bits per heavy atom. The SMILES string of the molecule is O=[N+]([O-])c1ccc(S(=O)(=O)O)cc1S(=O)(=O)O. The highest BCUT2D eigenvalue weighted by molar-refractivity contribution is 7.86. The highest BCUT2D eigenvalue weighted by atomic mass is 32.2. The van der Waals surface area contributed by atoms with E-state index in [-0.39, 0.29) is 0 Å². The fourth-order valence-corrected chi connectivity index (χ4v) is 2.28. The van der Waals surface area contributed by atoms with E-state index in [1.165, 1.54) is 0 Å². The van der Waals surface area contributed by atoms with Crippen molar-refractivity contribution in [3.63, 3.8) is 0 Å². The van der Waals surface area contributed by atoms with Crippen LogP contribution in [0.15, 0.2) is 28.0 Å². The second kappa shape index (κ2) is 4.03. The summed E-state index contributed by atoms with van der Waals surface area (Å²) in [6, 6.07) is 1.48. The molecular weight excluding hydrogens is 278 g/mol. The first-order valence-corrected chi connectivity index (χ1v) is 6.65. The Kier molecular flexibility index (Phi) is 3.20. The number of rotatable bonds is 3. The van der Waals surface area contributed by atoms with Crippen LogP contribution in [0.5, 0.6) is 0 Å². The van der Waals surface area contributed by atoms with Gasteiger partial charge in [0.05, 0.1) is 9.82 Å². The molecule has 1 rings (SSSR count). The van der Waals surface area contributed by atoms with Crippen LogP contribution in [0.3, 0.4) is 0 Å². The molecule has 9 nitrogen and oxygen atoms in total. The zero-order valence-electron chi connectivity index (χ0n) is 7.84. The van der Waals surface area contributed by atoms with Crippen molar-refractivity contribution in [2.75, 3.05) is 0 Å². The summed E-state index contributed by atoms with van der Waals surface area (Å²) in [5.41, 5.74) is -1.00. The van der Waals surface area contributed by atoms with Gasteiger partial charge in [0.15, 0.2) is 4.90 Å². The summed E-state index contributed by atoms with van der Waals surface area (Å²) in [5, 5.41) is 10.4. The lowest BCUT2D eigenvalue weighted by Crippen LogP contribution is -2.06. The van der Waals surface area contributed by atoms with Crippen molar-refractivity contribution < 1.29 is 30.9 Å². The molecule has 0 fully saturated rings. The van der Waals surface area contributed by atoms with E-state index in [0.29, 0.717) is 18.2 Å². The van der Waals surface area contributed by atoms with Gasteiger partial charge in [-0.3, -0.25) is 19.2 Å². The van der Waals surface area contributed by atoms with Crippen molar-refractivity contribution in [3.8, 4) is 0 Å². The van der Waals surface area contributed by atoms with Crippen LogP contribution in [0.2, 0.25) is 0 Å². The summed E-state index contributed by atoms with van der Waals surface area (Å²) in [5.74, 6) is 0. The lowest BCUT2D eigenvalue weighted by Gasteiger charge is -2.01. The van der Waals surface area contributed by atoms with E-state index >= 15 is 0 Å². The van der Waals surface area contributed by atoms with Gasteiger partial charge in [0.25, 0.3) is 15.8 Å². The number of hydrogen-bond donors (Lipinski definition) is 2. The molecule has 0 bridgehead atoms. The van der Waals surface area contributed by atoms with Gasteiger partial charge in [0.1, 0.15) is 0 Å². The topological polar surface area (TPSA) is 152 Å². The normalized spacial score (nSPS) is 12.4. The lowest BCUT2D eigenvalue weighted by atomic mass is 10.3. The standard InChI is InChI=1S/C6H5NO8S2/c8-7(9)5-2-1-4(16(10,11)12)3-6(5)17(13,14)15/h1-3H,(H,10,11,12)(H,13,14,15). The molecule has 0 saturated heterocycles. The Balaban J connectivity index is 3.69. The van der Waals surface area contributed by atoms with E-state index in [1.54, 1.807) is 0 Å². The van der Waals surface area contributed by atoms with E-state index < -0.39 is 40.6 Å². The van der Waals surface area contributed by atoms with Gasteiger partial charge in [-0.1, -0.05) is 0 Å². The molecule has 0 heterocycles. The quantitative estimate of drug-likeness (QED) is 0.449. The molecule has 0 unspecified atom stereocenters. The molecule has 11 heteroatoms. The Morgan fingerprint density at radius 2 is 1.59 bits per heavy atom. The number of nitro benzene ring substituents is 1. The number of hydrogen-bond acceptors (Lipinski definition) is 6. The third kappa shape index (κ3) is 2.97. The molecule has 0 aliphatic rings. The minimum Gasteiger partial charge on any atom is -0.282 e. The van der Waals surface area contributed by atoms with Crippen molar-refractivity contribution in [2.45, 2.75) is 9.79 Å². The summed E-state index contributed by atoms with van der Waals surface area (Å²) < 4.78 is 60.4. The highest BCUT2D eigenvalue weighted by Crippen LogP contribution is 2.26. The van der Waals surface area contributed by atoms with Crippen molar-refractivity contribution in [1.82, 2.24) is 0 Å². The molecule has 0 atom stereocenters. The first-order chi connectivity index (χ1) is 7.53. The van der Waals surface area contributed by atoms with Gasteiger partial charge in [-0.15, -0.1) is 0 Å². The predicted molar refractivity (Wildman–Crippen MR) is 52.7 cm³/mol. The molecule has 0 saturated carbocycles. The summed E-state index contributed by atoms with van der Waals surface area (Å²) in [4.78, 5) is 7.24. The van der Waals surface area contributed by atoms with Gasteiger partial charge in [-0.25, -0.2) is 0 Å². The lowest BCUT2D eigenvalue weighted by molar-refractivity contribution is -0.388. The van der Waals surface area contributed by atoms with Crippen LogP contribution >= 0.6 is 0 Å². The summed E-state index contributed by atoms with van der Waals surface area (Å²) in [6.07, 6.45) is 0. The largest absolute Gasteiger partial charge is 0.301 e. The van der Waals surface area contributed by atoms with E-state index in [2.05, 4.69) is 0 Å². The fraction of sp³-hybridized carbons (Fsp3) is 0. The minimum absolute atomic E-state index is 0.294. The highest BCUT2D eigenvalue weighted by Gasteiger charge is 2.26. The van der Waals surface area contributed by atoms with Crippen LogP contribution in [0, 0.1) is 10.1 Å². The minimum atomic E-state index is -4.98. The molecule has 0 aliphatic carbocycles. The van der Waals surface area contributed by atoms with Crippen LogP contribution < -0.4 is 0 Å². The molecule has 17 heavy (non-hydrogen) atoms. The van der Waals surface area contributed by atoms with Crippen molar-refractivity contribution in [3.05, 3.63) is 28.3 Å². The number of benzene rings is 1. The molecular formula is C6H5NO8S2. The molecule has 94 valence electrons. The Hall–Kier alpha value is -1.56. The van der Waals surface area contributed by atoms with Gasteiger partial charge in [-0.05, 0) is 12.1 Å². The maximum Gasteiger partial charge on any atom is 0.301 e. The van der Waals surface area contributed by atoms with Crippen molar-refractivity contribution in [1.29, 1.82) is 0 Å². The smallest absolute Gasteiger partial charge is 0.282 e. The van der Waals surface area contributed by atoms with Crippen molar-refractivity contribution in [2.24, 2.45) is 0 Å². The van der Waals surface area contributed by atoms with Crippen LogP contribution in [0.1, 0.15) is 0 Å². The Bertz CT molecular complexity index is 674. The van der Waals surface area contributed by atoms with Gasteiger partial charge >= 0.3 is 10.1 Å². The molecule has 0 radical (unpaired) electrons. The average molecular weight is 283 g/mol. The zero-order valence-corrected chi connectivity index (χ0v) is 9.47. The molecule has 0 amide bonds. The van der Waals surface area contributed by atoms with Crippen LogP contribution in [0.4, 0.5) is 5.69 Å². The molecule has 1 aromatic carbocycles. The number of nitrogens with zero attached hydrogens (tertiary/aromatic N) is 1. The Morgan fingerprint density at radius 1 is 1.06 bits per heavy atom. The predicted octanol–water partition coefficient (Wildman–Crippen LogP) is 0.0882. The average Bonchev–Trinajstić information content (AvgIpc) is 2.14. The molecule has 0 spiro atoms. The fourth-order valence-electron chi connectivity index (χ4n) is 1.01. The first-order valence-electron chi connectivity index (χ1n) is 3.77. The van der Waals surface area contributed by atoms with E-state index in [1.807, 2.05) is 0 Å². The summed E-state index contributed by atoms with van der Waals surface area (Å²) in [7, 11) is -9.70. The van der Waals surface area contributed by atoms with Crippen LogP contribution in [-0.4, -0.2) is 30.9 Å². The molecule has 1 aromatic rings.